The van der Waals surface area contributed by atoms with Gasteiger partial charge in [0.1, 0.15) is 0 Å². The number of aliphatic hydroxyl groups is 1. The van der Waals surface area contributed by atoms with Gasteiger partial charge in [0.25, 0.3) is 0 Å². The summed E-state index contributed by atoms with van der Waals surface area (Å²) in [6.45, 7) is 4.01. The number of carbonyl (C=O) groups is 1. The molecule has 2 aromatic carbocycles. The third-order valence-electron chi connectivity index (χ3n) is 4.19. The Morgan fingerprint density at radius 3 is 2.61 bits per heavy atom. The molecule has 3 N–H and O–H groups in total. The summed E-state index contributed by atoms with van der Waals surface area (Å²) >= 11 is 0. The summed E-state index contributed by atoms with van der Waals surface area (Å²) in [5.41, 5.74) is 6.04. The van der Waals surface area contributed by atoms with Gasteiger partial charge in [-0.25, -0.2) is 4.79 Å². The van der Waals surface area contributed by atoms with Gasteiger partial charge >= 0.3 is 6.03 Å². The van der Waals surface area contributed by atoms with E-state index in [-0.39, 0.29) is 12.1 Å². The summed E-state index contributed by atoms with van der Waals surface area (Å²) in [5, 5.41) is 15.7. The first kappa shape index (κ1) is 15.6. The Balaban J connectivity index is 1.76. The summed E-state index contributed by atoms with van der Waals surface area (Å²) < 4.78 is 0. The fourth-order valence-electron chi connectivity index (χ4n) is 3.22. The molecule has 1 aliphatic carbocycles. The van der Waals surface area contributed by atoms with Crippen LogP contribution in [0.1, 0.15) is 28.7 Å². The number of nitrogens with one attached hydrogen (secondary N) is 2. The van der Waals surface area contributed by atoms with E-state index in [0.717, 1.165) is 40.9 Å². The van der Waals surface area contributed by atoms with Crippen LogP contribution in [0.15, 0.2) is 36.4 Å². The molecule has 0 heterocycles. The van der Waals surface area contributed by atoms with Crippen LogP contribution >= 0.6 is 0 Å². The van der Waals surface area contributed by atoms with Crippen molar-refractivity contribution in [3.05, 3.63) is 58.7 Å². The maximum atomic E-state index is 12.3. The molecule has 0 aromatic heterocycles. The molecule has 0 bridgehead atoms. The topological polar surface area (TPSA) is 61.4 Å². The van der Waals surface area contributed by atoms with Crippen LogP contribution in [-0.4, -0.2) is 17.2 Å². The number of amides is 2. The third-order valence-corrected chi connectivity index (χ3v) is 4.19. The summed E-state index contributed by atoms with van der Waals surface area (Å²) in [7, 11) is 0. The second kappa shape index (κ2) is 6.42. The minimum absolute atomic E-state index is 0.261. The Morgan fingerprint density at radius 1 is 1.13 bits per heavy atom. The molecule has 0 aliphatic heterocycles. The predicted octanol–water partition coefficient (Wildman–Crippen LogP) is 3.80. The molecule has 0 saturated heterocycles. The monoisotopic (exact) mass is 310 g/mol. The van der Waals surface area contributed by atoms with Crippen molar-refractivity contribution in [1.29, 1.82) is 0 Å². The molecule has 0 saturated carbocycles. The van der Waals surface area contributed by atoms with Crippen LogP contribution in [0.4, 0.5) is 16.2 Å². The van der Waals surface area contributed by atoms with Crippen molar-refractivity contribution in [2.24, 2.45) is 0 Å². The molecule has 0 spiro atoms. The maximum absolute atomic E-state index is 12.3. The Morgan fingerprint density at radius 2 is 1.87 bits per heavy atom. The number of hydrogen-bond donors (Lipinski definition) is 3. The van der Waals surface area contributed by atoms with Crippen LogP contribution in [0.25, 0.3) is 0 Å². The molecule has 4 nitrogen and oxygen atoms in total. The number of aryl methyl sites for hydroxylation is 3. The second-order valence-electron chi connectivity index (χ2n) is 6.30. The minimum Gasteiger partial charge on any atom is -0.393 e. The summed E-state index contributed by atoms with van der Waals surface area (Å²) in [6.07, 6.45) is 1.90. The van der Waals surface area contributed by atoms with Crippen molar-refractivity contribution < 1.29 is 9.90 Å². The molecule has 3 rings (SSSR count). The molecule has 4 heteroatoms. The maximum Gasteiger partial charge on any atom is 0.323 e. The normalized spacial score (nSPS) is 16.6. The molecule has 2 aromatic rings. The number of urea groups is 1. The lowest BCUT2D eigenvalue weighted by molar-refractivity contribution is 0.159. The molecule has 2 amide bonds. The summed E-state index contributed by atoms with van der Waals surface area (Å²) in [5.74, 6) is 0. The molecule has 1 unspecified atom stereocenters. The van der Waals surface area contributed by atoms with Crippen molar-refractivity contribution in [3.8, 4) is 0 Å². The van der Waals surface area contributed by atoms with Gasteiger partial charge < -0.3 is 15.7 Å². The lowest BCUT2D eigenvalue weighted by atomic mass is 9.88. The van der Waals surface area contributed by atoms with Crippen molar-refractivity contribution in [2.45, 2.75) is 39.2 Å². The third kappa shape index (κ3) is 3.71. The van der Waals surface area contributed by atoms with E-state index < -0.39 is 0 Å². The Kier molecular flexibility index (Phi) is 4.35. The molecule has 1 atom stereocenters. The fourth-order valence-corrected chi connectivity index (χ4v) is 3.22. The van der Waals surface area contributed by atoms with E-state index in [1.165, 1.54) is 5.56 Å². The number of rotatable bonds is 2. The summed E-state index contributed by atoms with van der Waals surface area (Å²) in [4.78, 5) is 12.3. The first-order valence-corrected chi connectivity index (χ1v) is 7.96. The predicted molar refractivity (Wildman–Crippen MR) is 93.0 cm³/mol. The van der Waals surface area contributed by atoms with Gasteiger partial charge in [-0.2, -0.15) is 0 Å². The molecular formula is C19H22N2O2. The average molecular weight is 310 g/mol. The van der Waals surface area contributed by atoms with Gasteiger partial charge in [0.2, 0.25) is 0 Å². The summed E-state index contributed by atoms with van der Waals surface area (Å²) in [6, 6.07) is 11.6. The molecule has 1 aliphatic rings. The van der Waals surface area contributed by atoms with Gasteiger partial charge in [-0.3, -0.25) is 0 Å². The number of benzene rings is 2. The van der Waals surface area contributed by atoms with Crippen molar-refractivity contribution in [1.82, 2.24) is 0 Å². The zero-order valence-electron chi connectivity index (χ0n) is 13.5. The first-order valence-electron chi connectivity index (χ1n) is 7.96. The van der Waals surface area contributed by atoms with Crippen LogP contribution in [0, 0.1) is 13.8 Å². The number of carbonyl (C=O) groups excluding carboxylic acids is 1. The van der Waals surface area contributed by atoms with Crippen LogP contribution in [-0.2, 0) is 12.8 Å². The van der Waals surface area contributed by atoms with E-state index in [4.69, 9.17) is 0 Å². The smallest absolute Gasteiger partial charge is 0.323 e. The highest BCUT2D eigenvalue weighted by atomic mass is 16.3. The van der Waals surface area contributed by atoms with E-state index in [9.17, 15) is 9.90 Å². The van der Waals surface area contributed by atoms with Crippen LogP contribution in [0.2, 0.25) is 0 Å². The minimum atomic E-state index is -0.326. The van der Waals surface area contributed by atoms with Gasteiger partial charge in [-0.05, 0) is 67.1 Å². The number of fused-ring (bicyclic) bond motifs is 1. The highest BCUT2D eigenvalue weighted by Crippen LogP contribution is 2.28. The van der Waals surface area contributed by atoms with Crippen LogP contribution in [0.5, 0.6) is 0 Å². The lowest BCUT2D eigenvalue weighted by Crippen LogP contribution is -2.24. The Bertz CT molecular complexity index is 720. The van der Waals surface area contributed by atoms with E-state index in [1.807, 2.05) is 38.1 Å². The van der Waals surface area contributed by atoms with Crippen LogP contribution in [0.3, 0.4) is 0 Å². The van der Waals surface area contributed by atoms with E-state index in [0.29, 0.717) is 6.42 Å². The van der Waals surface area contributed by atoms with Gasteiger partial charge in [0.05, 0.1) is 6.10 Å². The Hall–Kier alpha value is -2.33. The Labute approximate surface area is 136 Å². The van der Waals surface area contributed by atoms with Crippen molar-refractivity contribution >= 4 is 17.4 Å². The number of anilines is 2. The highest BCUT2D eigenvalue weighted by Gasteiger charge is 2.19. The zero-order valence-corrected chi connectivity index (χ0v) is 13.5. The highest BCUT2D eigenvalue weighted by molar-refractivity contribution is 6.00. The molecule has 120 valence electrons. The second-order valence-corrected chi connectivity index (χ2v) is 6.30. The number of hydrogen-bond acceptors (Lipinski definition) is 2. The number of aliphatic hydroxyl groups excluding tert-OH is 1. The van der Waals surface area contributed by atoms with E-state index >= 15 is 0 Å². The van der Waals surface area contributed by atoms with Crippen LogP contribution < -0.4 is 10.6 Å². The largest absolute Gasteiger partial charge is 0.393 e. The van der Waals surface area contributed by atoms with Gasteiger partial charge in [-0.15, -0.1) is 0 Å². The zero-order chi connectivity index (χ0) is 16.4. The standard InChI is InChI=1S/C19H22N2O2/c1-12-8-13(2)10-15(9-12)20-19(23)21-18-5-3-4-14-6-7-16(22)11-17(14)18/h3-5,8-10,16,22H,6-7,11H2,1-2H3,(H2,20,21,23). The van der Waals surface area contributed by atoms with Crippen molar-refractivity contribution in [3.63, 3.8) is 0 Å². The van der Waals surface area contributed by atoms with E-state index in [1.54, 1.807) is 0 Å². The lowest BCUT2D eigenvalue weighted by Gasteiger charge is -2.23. The molecule has 0 radical (unpaired) electrons. The van der Waals surface area contributed by atoms with E-state index in [2.05, 4.69) is 22.8 Å². The SMILES string of the molecule is Cc1cc(C)cc(NC(=O)Nc2cccc3c2CC(O)CC3)c1. The first-order chi connectivity index (χ1) is 11.0. The van der Waals surface area contributed by atoms with Crippen molar-refractivity contribution in [2.75, 3.05) is 10.6 Å². The quantitative estimate of drug-likeness (QED) is 0.790. The fraction of sp³-hybridized carbons (Fsp3) is 0.316. The molecule has 23 heavy (non-hydrogen) atoms. The molecular weight excluding hydrogens is 288 g/mol. The van der Waals surface area contributed by atoms with Gasteiger partial charge in [0.15, 0.2) is 0 Å². The van der Waals surface area contributed by atoms with Gasteiger partial charge in [-0.1, -0.05) is 18.2 Å². The molecule has 0 fully saturated rings. The average Bonchev–Trinajstić information content (AvgIpc) is 2.46. The van der Waals surface area contributed by atoms with Gasteiger partial charge in [0, 0.05) is 17.8 Å².